The van der Waals surface area contributed by atoms with Crippen LogP contribution in [0.5, 0.6) is 11.5 Å². The van der Waals surface area contributed by atoms with Crippen LogP contribution in [-0.2, 0) is 4.79 Å². The molecule has 0 radical (unpaired) electrons. The highest BCUT2D eigenvalue weighted by Crippen LogP contribution is 2.30. The minimum atomic E-state index is -1.02. The Bertz CT molecular complexity index is 873. The highest BCUT2D eigenvalue weighted by atomic mass is 32.2. The number of thioether (sulfide) groups is 1. The second-order valence-corrected chi connectivity index (χ2v) is 8.58. The van der Waals surface area contributed by atoms with Gasteiger partial charge in [0.1, 0.15) is 0 Å². The van der Waals surface area contributed by atoms with Crippen molar-refractivity contribution in [1.29, 1.82) is 0 Å². The van der Waals surface area contributed by atoms with Crippen LogP contribution in [0, 0.1) is 0 Å². The number of aromatic carboxylic acids is 1. The van der Waals surface area contributed by atoms with Crippen molar-refractivity contribution in [3.8, 4) is 11.5 Å². The molecule has 29 heavy (non-hydrogen) atoms. The van der Waals surface area contributed by atoms with Crippen molar-refractivity contribution in [2.24, 2.45) is 0 Å². The average molecular weight is 438 g/mol. The molecule has 2 heterocycles. The molecule has 1 aromatic heterocycles. The molecule has 1 aromatic carbocycles. The summed E-state index contributed by atoms with van der Waals surface area (Å²) < 4.78 is 11.3. The molecule has 0 aliphatic carbocycles. The normalized spacial score (nSPS) is 16.1. The summed E-state index contributed by atoms with van der Waals surface area (Å²) in [6.45, 7) is 1.25. The maximum absolute atomic E-state index is 12.3. The zero-order chi connectivity index (χ0) is 20.8. The Morgan fingerprint density at radius 1 is 1.38 bits per heavy atom. The number of aromatic nitrogens is 1. The number of nitrogens with zero attached hydrogens (tertiary/aromatic N) is 2. The van der Waals surface area contributed by atoms with Crippen LogP contribution < -0.4 is 14.8 Å². The van der Waals surface area contributed by atoms with Crippen molar-refractivity contribution < 1.29 is 24.2 Å². The van der Waals surface area contributed by atoms with Crippen LogP contribution in [0.4, 0.5) is 5.69 Å². The molecule has 8 nitrogen and oxygen atoms in total. The summed E-state index contributed by atoms with van der Waals surface area (Å²) in [7, 11) is 3.19. The molecule has 10 heteroatoms. The maximum atomic E-state index is 12.3. The largest absolute Gasteiger partial charge is 0.493 e. The molecule has 1 aliphatic heterocycles. The van der Waals surface area contributed by atoms with E-state index in [4.69, 9.17) is 14.6 Å². The minimum absolute atomic E-state index is 0.0618. The predicted molar refractivity (Wildman–Crippen MR) is 113 cm³/mol. The first-order valence-corrected chi connectivity index (χ1v) is 11.0. The molecule has 1 unspecified atom stereocenters. The third-order valence-corrected chi connectivity index (χ3v) is 6.64. The summed E-state index contributed by atoms with van der Waals surface area (Å²) in [5, 5.41) is 13.8. The Labute approximate surface area is 177 Å². The van der Waals surface area contributed by atoms with Crippen LogP contribution >= 0.6 is 23.1 Å². The Morgan fingerprint density at radius 2 is 2.17 bits per heavy atom. The van der Waals surface area contributed by atoms with Gasteiger partial charge >= 0.3 is 5.97 Å². The molecule has 156 valence electrons. The average Bonchev–Trinajstić information content (AvgIpc) is 3.33. The Morgan fingerprint density at radius 3 is 2.86 bits per heavy atom. The maximum Gasteiger partial charge on any atom is 0.355 e. The van der Waals surface area contributed by atoms with Crippen LogP contribution in [0.2, 0.25) is 0 Å². The Kier molecular flexibility index (Phi) is 7.21. The standard InChI is InChI=1S/C19H23N3O5S2/c1-26-15-5-3-12(9-16(15)27-2)20-10-13-4-6-17(23)22(13)7-8-28-19-21-14(11-29-19)18(24)25/h3,5,9,11,13,20H,4,6-8,10H2,1-2H3,(H,24,25). The van der Waals surface area contributed by atoms with Gasteiger partial charge in [0, 0.05) is 48.4 Å². The number of thiazole rings is 1. The number of hydrogen-bond acceptors (Lipinski definition) is 8. The molecular weight excluding hydrogens is 414 g/mol. The number of ether oxygens (including phenoxy) is 2. The lowest BCUT2D eigenvalue weighted by atomic mass is 10.2. The van der Waals surface area contributed by atoms with Gasteiger partial charge in [-0.2, -0.15) is 0 Å². The van der Waals surface area contributed by atoms with E-state index in [1.54, 1.807) is 14.2 Å². The monoisotopic (exact) mass is 437 g/mol. The lowest BCUT2D eigenvalue weighted by Crippen LogP contribution is -2.39. The molecule has 0 saturated carbocycles. The van der Waals surface area contributed by atoms with Gasteiger partial charge in [0.15, 0.2) is 21.5 Å². The number of amides is 1. The van der Waals surface area contributed by atoms with Gasteiger partial charge in [0.25, 0.3) is 0 Å². The smallest absolute Gasteiger partial charge is 0.355 e. The van der Waals surface area contributed by atoms with Crippen molar-refractivity contribution in [2.45, 2.75) is 23.2 Å². The third-order valence-electron chi connectivity index (χ3n) is 4.64. The summed E-state index contributed by atoms with van der Waals surface area (Å²) in [6.07, 6.45) is 1.35. The zero-order valence-corrected chi connectivity index (χ0v) is 17.8. The summed E-state index contributed by atoms with van der Waals surface area (Å²) >= 11 is 2.78. The van der Waals surface area contributed by atoms with Gasteiger partial charge in [-0.05, 0) is 18.6 Å². The van der Waals surface area contributed by atoms with E-state index in [1.165, 1.54) is 28.5 Å². The lowest BCUT2D eigenvalue weighted by molar-refractivity contribution is -0.128. The van der Waals surface area contributed by atoms with E-state index in [1.807, 2.05) is 23.1 Å². The summed E-state index contributed by atoms with van der Waals surface area (Å²) in [5.74, 6) is 1.11. The molecule has 1 aliphatic rings. The number of anilines is 1. The number of benzene rings is 1. The number of carbonyl (C=O) groups excluding carboxylic acids is 1. The molecule has 1 atom stereocenters. The third kappa shape index (κ3) is 5.33. The molecule has 1 amide bonds. The first-order valence-electron chi connectivity index (χ1n) is 9.08. The van der Waals surface area contributed by atoms with E-state index >= 15 is 0 Å². The topological polar surface area (TPSA) is 101 Å². The van der Waals surface area contributed by atoms with Crippen molar-refractivity contribution >= 4 is 40.7 Å². The first kappa shape index (κ1) is 21.3. The molecule has 3 rings (SSSR count). The highest BCUT2D eigenvalue weighted by Gasteiger charge is 2.30. The number of likely N-dealkylation sites (tertiary alicyclic amines) is 1. The zero-order valence-electron chi connectivity index (χ0n) is 16.2. The predicted octanol–water partition coefficient (Wildman–Crippen LogP) is 3.05. The first-order chi connectivity index (χ1) is 14.0. The van der Waals surface area contributed by atoms with E-state index in [-0.39, 0.29) is 17.6 Å². The van der Waals surface area contributed by atoms with Crippen molar-refractivity contribution in [1.82, 2.24) is 9.88 Å². The Balaban J connectivity index is 1.52. The minimum Gasteiger partial charge on any atom is -0.493 e. The van der Waals surface area contributed by atoms with E-state index in [0.717, 1.165) is 12.1 Å². The fraction of sp³-hybridized carbons (Fsp3) is 0.421. The van der Waals surface area contributed by atoms with Crippen LogP contribution in [0.1, 0.15) is 23.3 Å². The summed E-state index contributed by atoms with van der Waals surface area (Å²) in [6, 6.07) is 5.75. The highest BCUT2D eigenvalue weighted by molar-refractivity contribution is 8.01. The fourth-order valence-electron chi connectivity index (χ4n) is 3.15. The van der Waals surface area contributed by atoms with Gasteiger partial charge in [0.2, 0.25) is 5.91 Å². The van der Waals surface area contributed by atoms with Crippen molar-refractivity contribution in [3.63, 3.8) is 0 Å². The van der Waals surface area contributed by atoms with Crippen molar-refractivity contribution in [2.75, 3.05) is 38.4 Å². The van der Waals surface area contributed by atoms with Gasteiger partial charge in [-0.3, -0.25) is 4.79 Å². The molecule has 2 N–H and O–H groups in total. The van der Waals surface area contributed by atoms with E-state index in [2.05, 4.69) is 10.3 Å². The van der Waals surface area contributed by atoms with E-state index in [0.29, 0.717) is 41.1 Å². The van der Waals surface area contributed by atoms with Crippen molar-refractivity contribution in [3.05, 3.63) is 29.3 Å². The number of carbonyl (C=O) groups is 2. The van der Waals surface area contributed by atoms with Gasteiger partial charge in [-0.25, -0.2) is 9.78 Å². The number of rotatable bonds is 10. The quantitative estimate of drug-likeness (QED) is 0.547. The second-order valence-electron chi connectivity index (χ2n) is 6.38. The summed E-state index contributed by atoms with van der Waals surface area (Å²) in [4.78, 5) is 29.1. The molecule has 0 bridgehead atoms. The van der Waals surface area contributed by atoms with Crippen LogP contribution in [0.15, 0.2) is 27.9 Å². The molecular formula is C19H23N3O5S2. The fourth-order valence-corrected chi connectivity index (χ4v) is 4.96. The van der Waals surface area contributed by atoms with E-state index < -0.39 is 5.97 Å². The number of methoxy groups -OCH3 is 2. The number of hydrogen-bond donors (Lipinski definition) is 2. The number of carboxylic acids is 1. The molecule has 0 spiro atoms. The number of nitrogens with one attached hydrogen (secondary N) is 1. The second kappa shape index (κ2) is 9.84. The van der Waals surface area contributed by atoms with Crippen LogP contribution in [-0.4, -0.2) is 66.0 Å². The number of carboxylic acid groups (broad SMARTS) is 1. The van der Waals surface area contributed by atoms with Gasteiger partial charge in [-0.1, -0.05) is 11.8 Å². The van der Waals surface area contributed by atoms with Crippen LogP contribution in [0.3, 0.4) is 0 Å². The van der Waals surface area contributed by atoms with Crippen LogP contribution in [0.25, 0.3) is 0 Å². The molecule has 1 fully saturated rings. The Hall–Kier alpha value is -2.46. The lowest BCUT2D eigenvalue weighted by Gasteiger charge is -2.25. The van der Waals surface area contributed by atoms with Gasteiger partial charge in [0.05, 0.1) is 14.2 Å². The van der Waals surface area contributed by atoms with E-state index in [9.17, 15) is 9.59 Å². The SMILES string of the molecule is COc1ccc(NCC2CCC(=O)N2CCSc2nc(C(=O)O)cs2)cc1OC. The molecule has 2 aromatic rings. The molecule has 1 saturated heterocycles. The van der Waals surface area contributed by atoms with Gasteiger partial charge in [-0.15, -0.1) is 11.3 Å². The summed E-state index contributed by atoms with van der Waals surface area (Å²) in [5.41, 5.74) is 0.965. The van der Waals surface area contributed by atoms with Gasteiger partial charge < -0.3 is 24.8 Å².